The number of ether oxygens (including phenoxy) is 1. The van der Waals surface area contributed by atoms with Crippen molar-refractivity contribution in [1.82, 2.24) is 15.3 Å². The molecule has 0 spiro atoms. The highest BCUT2D eigenvalue weighted by atomic mass is 16.5. The van der Waals surface area contributed by atoms with Crippen LogP contribution in [0.25, 0.3) is 22.2 Å². The van der Waals surface area contributed by atoms with Gasteiger partial charge in [-0.25, -0.2) is 0 Å². The molecule has 0 saturated carbocycles. The summed E-state index contributed by atoms with van der Waals surface area (Å²) in [6.45, 7) is 0. The van der Waals surface area contributed by atoms with Crippen LogP contribution in [-0.2, 0) is 17.6 Å². The van der Waals surface area contributed by atoms with E-state index in [4.69, 9.17) is 10.5 Å². The number of hydrogen-bond acceptors (Lipinski definition) is 4. The van der Waals surface area contributed by atoms with Gasteiger partial charge in [-0.15, -0.1) is 0 Å². The summed E-state index contributed by atoms with van der Waals surface area (Å²) in [6.07, 6.45) is 3.09. The molecular formula is C28H28N4O4. The van der Waals surface area contributed by atoms with Gasteiger partial charge in [-0.2, -0.15) is 0 Å². The van der Waals surface area contributed by atoms with E-state index in [1.54, 1.807) is 7.11 Å². The molecule has 0 fully saturated rings. The van der Waals surface area contributed by atoms with E-state index in [2.05, 4.69) is 21.4 Å². The van der Waals surface area contributed by atoms with E-state index in [0.29, 0.717) is 19.3 Å². The number of hydrogen-bond donors (Lipinski definition) is 4. The Bertz CT molecular complexity index is 1500. The molecule has 5 N–H and O–H groups in total. The Balaban J connectivity index is 1.37. The second-order valence-corrected chi connectivity index (χ2v) is 9.08. The lowest BCUT2D eigenvalue weighted by Gasteiger charge is -2.26. The van der Waals surface area contributed by atoms with Crippen LogP contribution >= 0.6 is 0 Å². The Morgan fingerprint density at radius 1 is 1.11 bits per heavy atom. The zero-order valence-corrected chi connectivity index (χ0v) is 20.0. The van der Waals surface area contributed by atoms with Crippen molar-refractivity contribution in [3.8, 4) is 17.0 Å². The molecule has 4 aromatic rings. The van der Waals surface area contributed by atoms with Crippen molar-refractivity contribution in [2.45, 2.75) is 38.1 Å². The summed E-state index contributed by atoms with van der Waals surface area (Å²) < 4.78 is 5.29. The monoisotopic (exact) mass is 484 g/mol. The van der Waals surface area contributed by atoms with Crippen molar-refractivity contribution in [2.75, 3.05) is 7.11 Å². The highest BCUT2D eigenvalue weighted by molar-refractivity contribution is 5.93. The minimum Gasteiger partial charge on any atom is -0.497 e. The van der Waals surface area contributed by atoms with E-state index in [-0.39, 0.29) is 17.5 Å². The van der Waals surface area contributed by atoms with E-state index >= 15 is 0 Å². The van der Waals surface area contributed by atoms with E-state index < -0.39 is 11.5 Å². The highest BCUT2D eigenvalue weighted by Gasteiger charge is 2.25. The highest BCUT2D eigenvalue weighted by Crippen LogP contribution is 2.33. The van der Waals surface area contributed by atoms with E-state index in [0.717, 1.165) is 57.6 Å². The quantitative estimate of drug-likeness (QED) is 0.318. The summed E-state index contributed by atoms with van der Waals surface area (Å²) in [5.74, 6) is -0.0878. The topological polar surface area (TPSA) is 130 Å². The Morgan fingerprint density at radius 2 is 1.89 bits per heavy atom. The van der Waals surface area contributed by atoms with Crippen LogP contribution in [0.3, 0.4) is 0 Å². The predicted molar refractivity (Wildman–Crippen MR) is 138 cm³/mol. The molecule has 2 aromatic heterocycles. The first-order chi connectivity index (χ1) is 17.4. The van der Waals surface area contributed by atoms with Gasteiger partial charge in [-0.05, 0) is 78.8 Å². The Labute approximate surface area is 207 Å². The number of aryl methyl sites for hydroxylation is 2. The van der Waals surface area contributed by atoms with Crippen LogP contribution in [0.4, 0.5) is 0 Å². The molecule has 2 heterocycles. The molecule has 184 valence electrons. The van der Waals surface area contributed by atoms with Crippen molar-refractivity contribution < 1.29 is 14.3 Å². The van der Waals surface area contributed by atoms with Crippen LogP contribution in [0.2, 0.25) is 0 Å². The number of rotatable bonds is 7. The number of nitrogens with one attached hydrogen (secondary N) is 3. The zero-order valence-electron chi connectivity index (χ0n) is 20.0. The third kappa shape index (κ3) is 4.49. The van der Waals surface area contributed by atoms with Crippen LogP contribution in [0.1, 0.15) is 52.5 Å². The average Bonchev–Trinajstić information content (AvgIpc) is 3.25. The Kier molecular flexibility index (Phi) is 6.33. The van der Waals surface area contributed by atoms with Gasteiger partial charge in [0.2, 0.25) is 5.91 Å². The van der Waals surface area contributed by atoms with Gasteiger partial charge < -0.3 is 25.8 Å². The van der Waals surface area contributed by atoms with Crippen LogP contribution in [-0.4, -0.2) is 28.9 Å². The standard InChI is InChI=1S/C28H28N4O4/c1-36-17-11-9-16(10-12-17)26-19(18-5-2-3-6-22(18)31-26)13-14-25(33)30-23-7-4-8-24-20(23)15-21(27(29)34)28(35)32-24/h2-3,5-6,9-12,15,23,31H,4,7-8,13-14H2,1H3,(H2,29,34)(H,30,33)(H,32,35). The first-order valence-corrected chi connectivity index (χ1v) is 12.0. The number of H-pyrrole nitrogens is 2. The van der Waals surface area contributed by atoms with Crippen LogP contribution in [0.15, 0.2) is 59.4 Å². The molecule has 8 nitrogen and oxygen atoms in total. The van der Waals surface area contributed by atoms with Gasteiger partial charge in [0.15, 0.2) is 0 Å². The van der Waals surface area contributed by atoms with Crippen LogP contribution in [0, 0.1) is 0 Å². The summed E-state index contributed by atoms with van der Waals surface area (Å²) in [4.78, 5) is 43.1. The van der Waals surface area contributed by atoms with Gasteiger partial charge in [-0.3, -0.25) is 14.4 Å². The van der Waals surface area contributed by atoms with E-state index in [1.165, 1.54) is 6.07 Å². The van der Waals surface area contributed by atoms with Crippen molar-refractivity contribution in [3.63, 3.8) is 0 Å². The number of carbonyl (C=O) groups excluding carboxylic acids is 2. The molecule has 2 aromatic carbocycles. The molecule has 1 aliphatic rings. The lowest BCUT2D eigenvalue weighted by Crippen LogP contribution is -2.34. The fraction of sp³-hybridized carbons (Fsp3) is 0.250. The number of amides is 2. The molecule has 8 heteroatoms. The summed E-state index contributed by atoms with van der Waals surface area (Å²) in [6, 6.07) is 17.2. The molecule has 5 rings (SSSR count). The van der Waals surface area contributed by atoms with E-state index in [1.807, 2.05) is 42.5 Å². The van der Waals surface area contributed by atoms with Crippen LogP contribution in [0.5, 0.6) is 5.75 Å². The number of aromatic amines is 2. The smallest absolute Gasteiger partial charge is 0.261 e. The maximum atomic E-state index is 13.1. The van der Waals surface area contributed by atoms with Crippen molar-refractivity contribution in [2.24, 2.45) is 5.73 Å². The minimum atomic E-state index is -0.778. The van der Waals surface area contributed by atoms with Gasteiger partial charge in [0.05, 0.1) is 13.2 Å². The second kappa shape index (κ2) is 9.73. The molecule has 36 heavy (non-hydrogen) atoms. The number of fused-ring (bicyclic) bond motifs is 2. The third-order valence-corrected chi connectivity index (χ3v) is 6.85. The second-order valence-electron chi connectivity index (χ2n) is 9.08. The van der Waals surface area contributed by atoms with Crippen molar-refractivity contribution >= 4 is 22.7 Å². The Morgan fingerprint density at radius 3 is 2.64 bits per heavy atom. The predicted octanol–water partition coefficient (Wildman–Crippen LogP) is 3.76. The van der Waals surface area contributed by atoms with Crippen molar-refractivity contribution in [1.29, 1.82) is 0 Å². The lowest BCUT2D eigenvalue weighted by atomic mass is 9.90. The largest absolute Gasteiger partial charge is 0.497 e. The number of carbonyl (C=O) groups is 2. The molecule has 1 aliphatic carbocycles. The van der Waals surface area contributed by atoms with Crippen LogP contribution < -0.4 is 21.3 Å². The molecule has 2 amide bonds. The maximum Gasteiger partial charge on any atom is 0.261 e. The summed E-state index contributed by atoms with van der Waals surface area (Å²) >= 11 is 0. The number of aromatic nitrogens is 2. The lowest BCUT2D eigenvalue weighted by molar-refractivity contribution is -0.121. The average molecular weight is 485 g/mol. The van der Waals surface area contributed by atoms with Gasteiger partial charge in [0.25, 0.3) is 11.5 Å². The minimum absolute atomic E-state index is 0.0853. The number of benzene rings is 2. The molecule has 0 radical (unpaired) electrons. The maximum absolute atomic E-state index is 13.1. The zero-order chi connectivity index (χ0) is 25.2. The number of pyridine rings is 1. The molecule has 1 unspecified atom stereocenters. The van der Waals surface area contributed by atoms with Gasteiger partial charge in [-0.1, -0.05) is 18.2 Å². The summed E-state index contributed by atoms with van der Waals surface area (Å²) in [5.41, 5.74) is 10.4. The number of primary amides is 1. The van der Waals surface area contributed by atoms with Gasteiger partial charge in [0.1, 0.15) is 11.3 Å². The first-order valence-electron chi connectivity index (χ1n) is 12.0. The third-order valence-electron chi connectivity index (χ3n) is 6.85. The fourth-order valence-electron chi connectivity index (χ4n) is 5.04. The van der Waals surface area contributed by atoms with Crippen molar-refractivity contribution in [3.05, 3.63) is 87.3 Å². The summed E-state index contributed by atoms with van der Waals surface area (Å²) in [7, 11) is 1.64. The molecule has 0 aliphatic heterocycles. The molecular weight excluding hydrogens is 456 g/mol. The Hall–Kier alpha value is -4.33. The normalized spacial score (nSPS) is 14.9. The SMILES string of the molecule is COc1ccc(-c2[nH]c3ccccc3c2CCC(=O)NC2CCCc3[nH]c(=O)c(C(N)=O)cc32)cc1. The molecule has 1 atom stereocenters. The first kappa shape index (κ1) is 23.4. The van der Waals surface area contributed by atoms with Gasteiger partial charge in [0, 0.05) is 28.7 Å². The fourth-order valence-corrected chi connectivity index (χ4v) is 5.04. The number of para-hydroxylation sites is 1. The van der Waals surface area contributed by atoms with E-state index in [9.17, 15) is 14.4 Å². The number of methoxy groups -OCH3 is 1. The summed E-state index contributed by atoms with van der Waals surface area (Å²) in [5, 5.41) is 4.19. The molecule has 0 saturated heterocycles. The number of nitrogens with two attached hydrogens (primary N) is 1. The van der Waals surface area contributed by atoms with Gasteiger partial charge >= 0.3 is 0 Å². The molecule has 0 bridgehead atoms.